The van der Waals surface area contributed by atoms with E-state index in [1.165, 1.54) is 5.56 Å². The Labute approximate surface area is 107 Å². The number of esters is 1. The summed E-state index contributed by atoms with van der Waals surface area (Å²) in [6.07, 6.45) is 2.99. The van der Waals surface area contributed by atoms with Crippen molar-refractivity contribution in [1.29, 1.82) is 0 Å². The fourth-order valence-corrected chi connectivity index (χ4v) is 2.37. The third kappa shape index (κ3) is 2.64. The molecule has 0 bridgehead atoms. The molecule has 4 heteroatoms. The second kappa shape index (κ2) is 5.87. The Morgan fingerprint density at radius 3 is 2.83 bits per heavy atom. The monoisotopic (exact) mass is 250 g/mol. The lowest BCUT2D eigenvalue weighted by atomic mass is 10.0. The molecule has 0 amide bonds. The number of carbonyl (C=O) groups excluding carboxylic acids is 1. The van der Waals surface area contributed by atoms with Crippen molar-refractivity contribution in [3.8, 4) is 5.75 Å². The quantitative estimate of drug-likeness (QED) is 0.807. The largest absolute Gasteiger partial charge is 0.482 e. The van der Waals surface area contributed by atoms with Crippen LogP contribution in [0.5, 0.6) is 5.75 Å². The zero-order valence-corrected chi connectivity index (χ0v) is 10.6. The Morgan fingerprint density at radius 2 is 2.11 bits per heavy atom. The smallest absolute Gasteiger partial charge is 0.344 e. The average molecular weight is 250 g/mol. The highest BCUT2D eigenvalue weighted by atomic mass is 16.6. The summed E-state index contributed by atoms with van der Waals surface area (Å²) in [6.45, 7) is 2.13. The summed E-state index contributed by atoms with van der Waals surface area (Å²) in [6, 6.07) is 3.69. The van der Waals surface area contributed by atoms with E-state index in [0.717, 1.165) is 36.1 Å². The van der Waals surface area contributed by atoms with Crippen LogP contribution in [0.25, 0.3) is 0 Å². The van der Waals surface area contributed by atoms with E-state index in [0.29, 0.717) is 6.61 Å². The van der Waals surface area contributed by atoms with Gasteiger partial charge in [-0.15, -0.1) is 0 Å². The van der Waals surface area contributed by atoms with Crippen LogP contribution in [0, 0.1) is 0 Å². The maximum absolute atomic E-state index is 11.3. The van der Waals surface area contributed by atoms with Gasteiger partial charge in [-0.25, -0.2) is 4.79 Å². The zero-order valence-electron chi connectivity index (χ0n) is 10.6. The third-order valence-corrected chi connectivity index (χ3v) is 3.16. The molecule has 1 N–H and O–H groups in total. The minimum atomic E-state index is -0.351. The van der Waals surface area contributed by atoms with Crippen molar-refractivity contribution in [3.05, 3.63) is 28.8 Å². The van der Waals surface area contributed by atoms with Crippen LogP contribution in [0.2, 0.25) is 0 Å². The highest BCUT2D eigenvalue weighted by Gasteiger charge is 2.19. The van der Waals surface area contributed by atoms with Gasteiger partial charge in [0.25, 0.3) is 0 Å². The SMILES string of the molecule is CCOC(=O)COc1ccc(CO)c2c1CCC2. The van der Waals surface area contributed by atoms with Crippen molar-refractivity contribution < 1.29 is 19.4 Å². The van der Waals surface area contributed by atoms with E-state index in [2.05, 4.69) is 0 Å². The van der Waals surface area contributed by atoms with Gasteiger partial charge in [0.1, 0.15) is 5.75 Å². The molecule has 0 aromatic heterocycles. The van der Waals surface area contributed by atoms with Crippen molar-refractivity contribution in [2.75, 3.05) is 13.2 Å². The molecule has 0 unspecified atom stereocenters. The highest BCUT2D eigenvalue weighted by Crippen LogP contribution is 2.33. The predicted molar refractivity (Wildman–Crippen MR) is 66.5 cm³/mol. The number of rotatable bonds is 5. The number of fused-ring (bicyclic) bond motifs is 1. The van der Waals surface area contributed by atoms with Crippen LogP contribution in [0.15, 0.2) is 12.1 Å². The Bertz CT molecular complexity index is 440. The number of hydrogen-bond acceptors (Lipinski definition) is 4. The van der Waals surface area contributed by atoms with Crippen LogP contribution in [-0.4, -0.2) is 24.3 Å². The molecule has 2 rings (SSSR count). The second-order valence-corrected chi connectivity index (χ2v) is 4.29. The van der Waals surface area contributed by atoms with Crippen LogP contribution in [-0.2, 0) is 29.0 Å². The van der Waals surface area contributed by atoms with Gasteiger partial charge in [0, 0.05) is 0 Å². The van der Waals surface area contributed by atoms with Gasteiger partial charge >= 0.3 is 5.97 Å². The summed E-state index contributed by atoms with van der Waals surface area (Å²) in [5.41, 5.74) is 3.27. The molecule has 1 aromatic rings. The molecule has 18 heavy (non-hydrogen) atoms. The lowest BCUT2D eigenvalue weighted by Crippen LogP contribution is -2.15. The lowest BCUT2D eigenvalue weighted by Gasteiger charge is -2.12. The summed E-state index contributed by atoms with van der Waals surface area (Å²) in [7, 11) is 0. The third-order valence-electron chi connectivity index (χ3n) is 3.16. The molecule has 0 saturated heterocycles. The van der Waals surface area contributed by atoms with Crippen molar-refractivity contribution in [2.24, 2.45) is 0 Å². The first-order chi connectivity index (χ1) is 8.76. The number of aliphatic hydroxyl groups excluding tert-OH is 1. The molecule has 0 radical (unpaired) electrons. The zero-order chi connectivity index (χ0) is 13.0. The van der Waals surface area contributed by atoms with Crippen molar-refractivity contribution in [1.82, 2.24) is 0 Å². The molecular weight excluding hydrogens is 232 g/mol. The summed E-state index contributed by atoms with van der Waals surface area (Å²) < 4.78 is 10.3. The molecule has 0 aliphatic heterocycles. The first kappa shape index (κ1) is 12.9. The molecule has 0 spiro atoms. The van der Waals surface area contributed by atoms with Crippen LogP contribution < -0.4 is 4.74 Å². The average Bonchev–Trinajstić information content (AvgIpc) is 2.85. The number of hydrogen-bond donors (Lipinski definition) is 1. The Balaban J connectivity index is 2.10. The second-order valence-electron chi connectivity index (χ2n) is 4.29. The topological polar surface area (TPSA) is 55.8 Å². The Kier molecular flexibility index (Phi) is 4.20. The maximum Gasteiger partial charge on any atom is 0.344 e. The van der Waals surface area contributed by atoms with Gasteiger partial charge in [-0.05, 0) is 48.9 Å². The minimum absolute atomic E-state index is 0.0560. The summed E-state index contributed by atoms with van der Waals surface area (Å²) in [4.78, 5) is 11.3. The molecule has 98 valence electrons. The molecule has 1 aromatic carbocycles. The predicted octanol–water partition coefficient (Wildman–Crippen LogP) is 1.61. The Morgan fingerprint density at radius 1 is 1.33 bits per heavy atom. The first-order valence-electron chi connectivity index (χ1n) is 6.29. The normalized spacial score (nSPS) is 13.2. The van der Waals surface area contributed by atoms with Crippen LogP contribution in [0.3, 0.4) is 0 Å². The number of ether oxygens (including phenoxy) is 2. The molecule has 4 nitrogen and oxygen atoms in total. The number of carbonyl (C=O) groups is 1. The van der Waals surface area contributed by atoms with Gasteiger partial charge in [-0.3, -0.25) is 0 Å². The molecule has 0 fully saturated rings. The number of benzene rings is 1. The maximum atomic E-state index is 11.3. The van der Waals surface area contributed by atoms with E-state index in [4.69, 9.17) is 9.47 Å². The lowest BCUT2D eigenvalue weighted by molar-refractivity contribution is -0.145. The molecule has 0 saturated carbocycles. The molecule has 0 heterocycles. The Hall–Kier alpha value is -1.55. The van der Waals surface area contributed by atoms with Gasteiger partial charge in [-0.2, -0.15) is 0 Å². The van der Waals surface area contributed by atoms with Crippen LogP contribution >= 0.6 is 0 Å². The fraction of sp³-hybridized carbons (Fsp3) is 0.500. The van der Waals surface area contributed by atoms with E-state index in [-0.39, 0.29) is 19.2 Å². The van der Waals surface area contributed by atoms with E-state index in [9.17, 15) is 9.90 Å². The summed E-state index contributed by atoms with van der Waals surface area (Å²) in [5, 5.41) is 9.27. The van der Waals surface area contributed by atoms with E-state index in [1.807, 2.05) is 12.1 Å². The van der Waals surface area contributed by atoms with E-state index >= 15 is 0 Å². The van der Waals surface area contributed by atoms with Crippen molar-refractivity contribution >= 4 is 5.97 Å². The van der Waals surface area contributed by atoms with Gasteiger partial charge in [-0.1, -0.05) is 6.07 Å². The minimum Gasteiger partial charge on any atom is -0.482 e. The van der Waals surface area contributed by atoms with Crippen LogP contribution in [0.4, 0.5) is 0 Å². The van der Waals surface area contributed by atoms with Crippen molar-refractivity contribution in [3.63, 3.8) is 0 Å². The molecule has 0 atom stereocenters. The standard InChI is InChI=1S/C14H18O4/c1-2-17-14(16)9-18-13-7-6-10(8-15)11-4-3-5-12(11)13/h6-7,15H,2-5,8-9H2,1H3. The molecular formula is C14H18O4. The number of aliphatic hydroxyl groups is 1. The summed E-state index contributed by atoms with van der Waals surface area (Å²) in [5.74, 6) is 0.392. The highest BCUT2D eigenvalue weighted by molar-refractivity contribution is 5.71. The van der Waals surface area contributed by atoms with E-state index < -0.39 is 0 Å². The summed E-state index contributed by atoms with van der Waals surface area (Å²) >= 11 is 0. The first-order valence-corrected chi connectivity index (χ1v) is 6.29. The van der Waals surface area contributed by atoms with Gasteiger partial charge in [0.2, 0.25) is 0 Å². The fourth-order valence-electron chi connectivity index (χ4n) is 2.37. The molecule has 1 aliphatic carbocycles. The molecule has 1 aliphatic rings. The van der Waals surface area contributed by atoms with Crippen LogP contribution in [0.1, 0.15) is 30.0 Å². The van der Waals surface area contributed by atoms with Gasteiger partial charge in [0.05, 0.1) is 13.2 Å². The van der Waals surface area contributed by atoms with Crippen molar-refractivity contribution in [2.45, 2.75) is 32.8 Å². The van der Waals surface area contributed by atoms with Gasteiger partial charge < -0.3 is 14.6 Å². The van der Waals surface area contributed by atoms with E-state index in [1.54, 1.807) is 6.92 Å². The van der Waals surface area contributed by atoms with Gasteiger partial charge in [0.15, 0.2) is 6.61 Å².